The smallest absolute Gasteiger partial charge is 0.201 e. The molecular weight excluding hydrogens is 348 g/mol. The highest BCUT2D eigenvalue weighted by molar-refractivity contribution is 5.09. The number of rotatable bonds is 2. The Bertz CT molecular complexity index is 563. The highest BCUT2D eigenvalue weighted by atomic mass is 17.3. The molecule has 6 fully saturated rings. The molecule has 6 aliphatic rings. The van der Waals surface area contributed by atoms with E-state index in [4.69, 9.17) is 24.0 Å². The third-order valence-corrected chi connectivity index (χ3v) is 8.07. The van der Waals surface area contributed by atoms with Gasteiger partial charge in [0.1, 0.15) is 0 Å². The van der Waals surface area contributed by atoms with Crippen molar-refractivity contribution in [2.75, 3.05) is 0 Å². The van der Waals surface area contributed by atoms with Gasteiger partial charge in [-0.05, 0) is 63.7 Å². The molecule has 4 aliphatic heterocycles. The van der Waals surface area contributed by atoms with Gasteiger partial charge in [0.25, 0.3) is 0 Å². The van der Waals surface area contributed by atoms with Crippen molar-refractivity contribution in [3.8, 4) is 0 Å². The van der Waals surface area contributed by atoms with Crippen molar-refractivity contribution in [1.82, 2.24) is 0 Å². The maximum Gasteiger partial charge on any atom is 0.201 e. The molecule has 2 saturated carbocycles. The van der Waals surface area contributed by atoms with E-state index in [2.05, 4.69) is 13.8 Å². The Morgan fingerprint density at radius 1 is 0.926 bits per heavy atom. The van der Waals surface area contributed by atoms with Gasteiger partial charge in [-0.3, -0.25) is 0 Å². The topological polar surface area (TPSA) is 66.4 Å². The summed E-state index contributed by atoms with van der Waals surface area (Å²) in [4.78, 5) is 12.0. The Kier molecular flexibility index (Phi) is 4.62. The van der Waals surface area contributed by atoms with Crippen molar-refractivity contribution >= 4 is 0 Å². The molecule has 0 aromatic heterocycles. The third-order valence-electron chi connectivity index (χ3n) is 8.07. The molecule has 6 heteroatoms. The van der Waals surface area contributed by atoms with Crippen molar-refractivity contribution in [2.45, 2.75) is 108 Å². The zero-order valence-corrected chi connectivity index (χ0v) is 16.8. The third kappa shape index (κ3) is 2.90. The highest BCUT2D eigenvalue weighted by Crippen LogP contribution is 2.60. The first kappa shape index (κ1) is 18.8. The van der Waals surface area contributed by atoms with Crippen LogP contribution >= 0.6 is 0 Å². The number of hydrogen-bond acceptors (Lipinski definition) is 6. The van der Waals surface area contributed by atoms with E-state index in [1.807, 2.05) is 6.92 Å². The molecule has 8 atom stereocenters. The van der Waals surface area contributed by atoms with Crippen LogP contribution in [-0.4, -0.2) is 41.3 Å². The summed E-state index contributed by atoms with van der Waals surface area (Å²) in [5.74, 6) is 0.748. The van der Waals surface area contributed by atoms with Crippen molar-refractivity contribution in [2.24, 2.45) is 23.7 Å². The van der Waals surface area contributed by atoms with Gasteiger partial charge in [0.05, 0.1) is 12.2 Å². The van der Waals surface area contributed by atoms with Crippen LogP contribution in [0.4, 0.5) is 0 Å². The molecule has 1 spiro atoms. The minimum Gasteiger partial charge on any atom is -0.393 e. The molecule has 2 aliphatic carbocycles. The summed E-state index contributed by atoms with van der Waals surface area (Å²) in [6.07, 6.45) is 6.84. The largest absolute Gasteiger partial charge is 0.393 e. The first-order valence-electron chi connectivity index (χ1n) is 10.9. The van der Waals surface area contributed by atoms with Crippen molar-refractivity contribution < 1.29 is 29.1 Å². The fourth-order valence-corrected chi connectivity index (χ4v) is 6.40. The normalized spacial score (nSPS) is 57.8. The Balaban J connectivity index is 1.41. The van der Waals surface area contributed by atoms with Crippen LogP contribution in [0, 0.1) is 23.7 Å². The number of fused-ring (bicyclic) bond motifs is 2. The standard InChI is InChI=1S/C21H34O6/c1-12-4-9-17-13(2)18(23-15-7-5-14(22)6-8-15)24-19-21(17)16(12)10-11-20(3,25-19)26-27-21/h12-19,22H,4-11H2,1-3H3/t12-,13-,14?,15?,16?,17+,18+,19-,20+,21?/m1/s1. The monoisotopic (exact) mass is 382 g/mol. The Morgan fingerprint density at radius 2 is 1.70 bits per heavy atom. The maximum absolute atomic E-state index is 9.77. The van der Waals surface area contributed by atoms with Gasteiger partial charge >= 0.3 is 0 Å². The van der Waals surface area contributed by atoms with Gasteiger partial charge in [-0.2, -0.15) is 0 Å². The van der Waals surface area contributed by atoms with E-state index in [0.29, 0.717) is 17.8 Å². The van der Waals surface area contributed by atoms with Crippen LogP contribution in [-0.2, 0) is 24.0 Å². The SMILES string of the molecule is C[C@H]1[C@@H](OC2CCC(O)CC2)O[C@@H]2O[C@]3(C)CCC4[C@H](C)CC[C@@H]1C42OO3. The van der Waals surface area contributed by atoms with Crippen LogP contribution in [0.3, 0.4) is 0 Å². The summed E-state index contributed by atoms with van der Waals surface area (Å²) in [6.45, 7) is 6.52. The van der Waals surface area contributed by atoms with Crippen molar-refractivity contribution in [3.05, 3.63) is 0 Å². The van der Waals surface area contributed by atoms with Crippen molar-refractivity contribution in [3.63, 3.8) is 0 Å². The van der Waals surface area contributed by atoms with Gasteiger partial charge < -0.3 is 19.3 Å². The van der Waals surface area contributed by atoms with E-state index < -0.39 is 17.7 Å². The molecule has 27 heavy (non-hydrogen) atoms. The number of ether oxygens (including phenoxy) is 3. The maximum atomic E-state index is 9.77. The summed E-state index contributed by atoms with van der Waals surface area (Å²) in [5, 5.41) is 9.77. The van der Waals surface area contributed by atoms with Crippen LogP contribution in [0.5, 0.6) is 0 Å². The van der Waals surface area contributed by atoms with Gasteiger partial charge in [0.2, 0.25) is 5.79 Å². The molecule has 6 rings (SSSR count). The summed E-state index contributed by atoms with van der Waals surface area (Å²) < 4.78 is 19.3. The summed E-state index contributed by atoms with van der Waals surface area (Å²) >= 11 is 0. The lowest BCUT2D eigenvalue weighted by Crippen LogP contribution is -2.70. The average Bonchev–Trinajstić information content (AvgIpc) is 2.87. The molecular formula is C21H34O6. The second-order valence-electron chi connectivity index (χ2n) is 9.84. The molecule has 4 heterocycles. The number of aliphatic hydroxyl groups is 1. The fourth-order valence-electron chi connectivity index (χ4n) is 6.40. The van der Waals surface area contributed by atoms with E-state index in [0.717, 1.165) is 44.9 Å². The average molecular weight is 382 g/mol. The summed E-state index contributed by atoms with van der Waals surface area (Å²) in [7, 11) is 0. The predicted molar refractivity (Wildman–Crippen MR) is 96.2 cm³/mol. The van der Waals surface area contributed by atoms with E-state index in [9.17, 15) is 5.11 Å². The quantitative estimate of drug-likeness (QED) is 0.737. The fraction of sp³-hybridized carbons (Fsp3) is 1.00. The Labute approximate surface area is 161 Å². The molecule has 0 amide bonds. The van der Waals surface area contributed by atoms with Gasteiger partial charge in [-0.1, -0.05) is 13.8 Å². The van der Waals surface area contributed by atoms with Gasteiger partial charge in [0, 0.05) is 18.3 Å². The van der Waals surface area contributed by atoms with Crippen LogP contribution < -0.4 is 0 Å². The van der Waals surface area contributed by atoms with Gasteiger partial charge in [-0.25, -0.2) is 9.78 Å². The molecule has 2 unspecified atom stereocenters. The van der Waals surface area contributed by atoms with E-state index in [1.54, 1.807) is 0 Å². The Morgan fingerprint density at radius 3 is 2.48 bits per heavy atom. The molecule has 1 N–H and O–H groups in total. The van der Waals surface area contributed by atoms with Crippen molar-refractivity contribution in [1.29, 1.82) is 0 Å². The molecule has 154 valence electrons. The second kappa shape index (κ2) is 6.64. The minimum atomic E-state index is -0.738. The molecule has 0 aromatic carbocycles. The minimum absolute atomic E-state index is 0.156. The first-order valence-corrected chi connectivity index (χ1v) is 10.9. The molecule has 6 nitrogen and oxygen atoms in total. The highest BCUT2D eigenvalue weighted by Gasteiger charge is 2.69. The van der Waals surface area contributed by atoms with E-state index in [-0.39, 0.29) is 24.4 Å². The molecule has 2 bridgehead atoms. The summed E-state index contributed by atoms with van der Waals surface area (Å²) in [5.41, 5.74) is -0.518. The number of hydrogen-bond donors (Lipinski definition) is 1. The molecule has 0 radical (unpaired) electrons. The van der Waals surface area contributed by atoms with Crippen LogP contribution in [0.15, 0.2) is 0 Å². The molecule has 0 aromatic rings. The van der Waals surface area contributed by atoms with Crippen LogP contribution in [0.25, 0.3) is 0 Å². The van der Waals surface area contributed by atoms with Gasteiger partial charge in [-0.15, -0.1) is 0 Å². The second-order valence-corrected chi connectivity index (χ2v) is 9.84. The van der Waals surface area contributed by atoms with E-state index in [1.165, 1.54) is 6.42 Å². The zero-order chi connectivity index (χ0) is 18.8. The van der Waals surface area contributed by atoms with E-state index >= 15 is 0 Å². The lowest BCUT2D eigenvalue weighted by molar-refractivity contribution is -0.578. The molecule has 4 saturated heterocycles. The first-order chi connectivity index (χ1) is 12.9. The zero-order valence-electron chi connectivity index (χ0n) is 16.8. The lowest BCUT2D eigenvalue weighted by Gasteiger charge is -2.60. The van der Waals surface area contributed by atoms with Gasteiger partial charge in [0.15, 0.2) is 18.2 Å². The Hall–Kier alpha value is -0.240. The predicted octanol–water partition coefficient (Wildman–Crippen LogP) is 3.51. The summed E-state index contributed by atoms with van der Waals surface area (Å²) in [6, 6.07) is 0. The number of aliphatic hydroxyl groups excluding tert-OH is 1. The van der Waals surface area contributed by atoms with Crippen LogP contribution in [0.2, 0.25) is 0 Å². The van der Waals surface area contributed by atoms with Crippen LogP contribution in [0.1, 0.15) is 72.1 Å². The lowest BCUT2D eigenvalue weighted by atomic mass is 9.58.